The molecule has 0 saturated heterocycles. The van der Waals surface area contributed by atoms with Crippen LogP contribution in [-0.2, 0) is 20.6 Å². The molecule has 0 aromatic heterocycles. The zero-order valence-corrected chi connectivity index (χ0v) is 19.9. The molecular weight excluding hydrogens is 424 g/mol. The molecule has 2 atom stereocenters. The van der Waals surface area contributed by atoms with E-state index in [1.165, 1.54) is 0 Å². The molecule has 1 unspecified atom stereocenters. The van der Waals surface area contributed by atoms with Gasteiger partial charge in [-0.25, -0.2) is 0 Å². The second-order valence-electron chi connectivity index (χ2n) is 8.04. The van der Waals surface area contributed by atoms with Gasteiger partial charge in [-0.3, -0.25) is 4.79 Å². The number of methoxy groups -OCH3 is 3. The van der Waals surface area contributed by atoms with Gasteiger partial charge >= 0.3 is 0 Å². The number of Topliss-reactive ketones (excluding diaryl/α,β-unsaturated/α-hetero) is 1. The summed E-state index contributed by atoms with van der Waals surface area (Å²) in [6.07, 6.45) is 3.49. The van der Waals surface area contributed by atoms with Crippen LogP contribution in [0.15, 0.2) is 36.4 Å². The molecule has 1 saturated carbocycles. The minimum absolute atomic E-state index is 0.0326. The molecule has 0 spiro atoms. The molecule has 0 bridgehead atoms. The molecule has 2 aromatic rings. The van der Waals surface area contributed by atoms with Crippen molar-refractivity contribution in [3.8, 4) is 17.2 Å². The van der Waals surface area contributed by atoms with E-state index in [1.807, 2.05) is 24.3 Å². The number of aryl methyl sites for hydroxylation is 1. The Kier molecular flexibility index (Phi) is 9.54. The topological polar surface area (TPSA) is 72.5 Å². The van der Waals surface area contributed by atoms with E-state index >= 15 is 0 Å². The Hall–Kier alpha value is -2.61. The first kappa shape index (κ1) is 25.0. The van der Waals surface area contributed by atoms with E-state index in [0.29, 0.717) is 17.1 Å². The summed E-state index contributed by atoms with van der Waals surface area (Å²) in [5.41, 5.74) is 2.69. The summed E-state index contributed by atoms with van der Waals surface area (Å²) in [6.45, 7) is 2.55. The molecule has 7 nitrogen and oxygen atoms in total. The van der Waals surface area contributed by atoms with Gasteiger partial charge in [0, 0.05) is 38.4 Å². The normalized spacial score (nSPS) is 17.7. The number of carbonyl (C=O) groups is 1. The Morgan fingerprint density at radius 3 is 2.12 bits per heavy atom. The fourth-order valence-corrected chi connectivity index (χ4v) is 4.43. The molecular formula is C26H34O7. The van der Waals surface area contributed by atoms with Crippen molar-refractivity contribution < 1.29 is 33.2 Å². The quantitative estimate of drug-likeness (QED) is 0.310. The molecule has 0 radical (unpaired) electrons. The average Bonchev–Trinajstić information content (AvgIpc) is 3.34. The van der Waals surface area contributed by atoms with E-state index < -0.39 is 0 Å². The number of benzene rings is 2. The Morgan fingerprint density at radius 1 is 0.848 bits per heavy atom. The van der Waals surface area contributed by atoms with Crippen molar-refractivity contribution in [1.29, 1.82) is 0 Å². The molecule has 7 heteroatoms. The highest BCUT2D eigenvalue weighted by molar-refractivity contribution is 5.98. The van der Waals surface area contributed by atoms with E-state index in [0.717, 1.165) is 42.6 Å². The van der Waals surface area contributed by atoms with Gasteiger partial charge in [-0.15, -0.1) is 0 Å². The van der Waals surface area contributed by atoms with Crippen LogP contribution in [0.2, 0.25) is 0 Å². The molecule has 0 N–H and O–H groups in total. The lowest BCUT2D eigenvalue weighted by Crippen LogP contribution is -2.19. The summed E-state index contributed by atoms with van der Waals surface area (Å²) in [4.78, 5) is 13.5. The van der Waals surface area contributed by atoms with Crippen LogP contribution in [0.3, 0.4) is 0 Å². The number of rotatable bonds is 13. The summed E-state index contributed by atoms with van der Waals surface area (Å²) in [7, 11) is 4.76. The summed E-state index contributed by atoms with van der Waals surface area (Å²) in [5.74, 6) is 2.20. The minimum atomic E-state index is -0.136. The molecule has 0 heterocycles. The molecule has 3 rings (SSSR count). The standard InChI is InChI=1S/C26H34O7/c1-5-18-13-21(32-16-29-3)14-24(26(18)33-17-30-4)22-7-6-8-23(22)25(27)19-9-11-20(12-10-19)31-15-28-2/h9-14,22-23H,5-8,15-17H2,1-4H3/t22?,23-/m0/s1. The fourth-order valence-electron chi connectivity index (χ4n) is 4.43. The van der Waals surface area contributed by atoms with Crippen molar-refractivity contribution in [2.24, 2.45) is 5.92 Å². The van der Waals surface area contributed by atoms with Gasteiger partial charge < -0.3 is 28.4 Å². The van der Waals surface area contributed by atoms with Gasteiger partial charge in [-0.05, 0) is 67.1 Å². The maximum absolute atomic E-state index is 13.5. The van der Waals surface area contributed by atoms with E-state index in [-0.39, 0.29) is 38.0 Å². The van der Waals surface area contributed by atoms with Crippen molar-refractivity contribution in [3.05, 3.63) is 53.1 Å². The number of ketones is 1. The van der Waals surface area contributed by atoms with E-state index in [1.54, 1.807) is 33.5 Å². The maximum atomic E-state index is 13.5. The van der Waals surface area contributed by atoms with E-state index in [4.69, 9.17) is 28.4 Å². The highest BCUT2D eigenvalue weighted by atomic mass is 16.7. The first-order chi connectivity index (χ1) is 16.1. The van der Waals surface area contributed by atoms with Gasteiger partial charge in [0.15, 0.2) is 26.2 Å². The number of hydrogen-bond acceptors (Lipinski definition) is 7. The van der Waals surface area contributed by atoms with Crippen LogP contribution >= 0.6 is 0 Å². The van der Waals surface area contributed by atoms with Gasteiger partial charge in [0.05, 0.1) is 0 Å². The maximum Gasteiger partial charge on any atom is 0.188 e. The lowest BCUT2D eigenvalue weighted by molar-refractivity contribution is 0.0467. The minimum Gasteiger partial charge on any atom is -0.468 e. The second-order valence-corrected chi connectivity index (χ2v) is 8.04. The second kappa shape index (κ2) is 12.6. The monoisotopic (exact) mass is 458 g/mol. The highest BCUT2D eigenvalue weighted by Gasteiger charge is 2.37. The summed E-state index contributed by atoms with van der Waals surface area (Å²) >= 11 is 0. The summed E-state index contributed by atoms with van der Waals surface area (Å²) in [5, 5.41) is 0. The average molecular weight is 459 g/mol. The zero-order valence-electron chi connectivity index (χ0n) is 19.9. The first-order valence-corrected chi connectivity index (χ1v) is 11.3. The number of carbonyl (C=O) groups excluding carboxylic acids is 1. The van der Waals surface area contributed by atoms with Crippen molar-refractivity contribution in [2.75, 3.05) is 41.7 Å². The summed E-state index contributed by atoms with van der Waals surface area (Å²) in [6, 6.07) is 11.2. The van der Waals surface area contributed by atoms with Crippen molar-refractivity contribution in [3.63, 3.8) is 0 Å². The Bertz CT molecular complexity index is 894. The van der Waals surface area contributed by atoms with Crippen LogP contribution in [-0.4, -0.2) is 47.5 Å². The third-order valence-corrected chi connectivity index (χ3v) is 5.95. The largest absolute Gasteiger partial charge is 0.468 e. The number of ether oxygens (including phenoxy) is 6. The van der Waals surface area contributed by atoms with Crippen LogP contribution in [0.5, 0.6) is 17.2 Å². The predicted octanol–water partition coefficient (Wildman–Crippen LogP) is 4.96. The van der Waals surface area contributed by atoms with Crippen LogP contribution < -0.4 is 14.2 Å². The molecule has 33 heavy (non-hydrogen) atoms. The molecule has 180 valence electrons. The highest BCUT2D eigenvalue weighted by Crippen LogP contribution is 2.47. The van der Waals surface area contributed by atoms with Gasteiger partial charge in [-0.1, -0.05) is 13.3 Å². The molecule has 1 fully saturated rings. The third-order valence-electron chi connectivity index (χ3n) is 5.95. The lowest BCUT2D eigenvalue weighted by Gasteiger charge is -2.24. The smallest absolute Gasteiger partial charge is 0.188 e. The SMILES string of the molecule is CCc1cc(OCOC)cc(C2CCC[C@@H]2C(=O)c2ccc(OCOC)cc2)c1OCOC. The molecule has 2 aromatic carbocycles. The van der Waals surface area contributed by atoms with Crippen molar-refractivity contribution >= 4 is 5.78 Å². The molecule has 0 amide bonds. The van der Waals surface area contributed by atoms with Crippen molar-refractivity contribution in [1.82, 2.24) is 0 Å². The Balaban J connectivity index is 1.91. The third kappa shape index (κ3) is 6.25. The van der Waals surface area contributed by atoms with Gasteiger partial charge in [0.1, 0.15) is 17.2 Å². The van der Waals surface area contributed by atoms with Gasteiger partial charge in [-0.2, -0.15) is 0 Å². The zero-order chi connectivity index (χ0) is 23.6. The predicted molar refractivity (Wildman–Crippen MR) is 124 cm³/mol. The fraction of sp³-hybridized carbons (Fsp3) is 0.500. The number of hydrogen-bond donors (Lipinski definition) is 0. The van der Waals surface area contributed by atoms with Crippen LogP contribution in [0.1, 0.15) is 53.6 Å². The molecule has 0 aliphatic heterocycles. The van der Waals surface area contributed by atoms with Crippen LogP contribution in [0.25, 0.3) is 0 Å². The van der Waals surface area contributed by atoms with Crippen LogP contribution in [0, 0.1) is 5.92 Å². The van der Waals surface area contributed by atoms with Crippen LogP contribution in [0.4, 0.5) is 0 Å². The molecule has 1 aliphatic carbocycles. The van der Waals surface area contributed by atoms with E-state index in [9.17, 15) is 4.79 Å². The Morgan fingerprint density at radius 2 is 1.48 bits per heavy atom. The van der Waals surface area contributed by atoms with Gasteiger partial charge in [0.2, 0.25) is 0 Å². The molecule has 1 aliphatic rings. The lowest BCUT2D eigenvalue weighted by atomic mass is 9.82. The Labute approximate surface area is 195 Å². The van der Waals surface area contributed by atoms with E-state index in [2.05, 4.69) is 6.92 Å². The van der Waals surface area contributed by atoms with Crippen molar-refractivity contribution in [2.45, 2.75) is 38.5 Å². The van der Waals surface area contributed by atoms with Gasteiger partial charge in [0.25, 0.3) is 0 Å². The first-order valence-electron chi connectivity index (χ1n) is 11.3. The summed E-state index contributed by atoms with van der Waals surface area (Å²) < 4.78 is 32.4.